The lowest BCUT2D eigenvalue weighted by molar-refractivity contribution is 0.0181. The van der Waals surface area contributed by atoms with Crippen LogP contribution < -0.4 is 0 Å². The number of carbonyl (C=O) groups is 1. The molecule has 3 aromatic rings. The zero-order valence-electron chi connectivity index (χ0n) is 24.3. The summed E-state index contributed by atoms with van der Waals surface area (Å²) in [5.41, 5.74) is 3.28. The molecular formula is C30H44N2O5Si. The number of likely N-dealkylation sites (tertiary alicyclic amines) is 1. The van der Waals surface area contributed by atoms with Gasteiger partial charge in [-0.05, 0) is 94.8 Å². The van der Waals surface area contributed by atoms with Crippen molar-refractivity contribution in [1.29, 1.82) is 0 Å². The van der Waals surface area contributed by atoms with E-state index in [1.54, 1.807) is 6.26 Å². The van der Waals surface area contributed by atoms with Gasteiger partial charge in [0.1, 0.15) is 11.4 Å². The van der Waals surface area contributed by atoms with E-state index in [0.29, 0.717) is 12.5 Å². The van der Waals surface area contributed by atoms with Crippen LogP contribution in [0.3, 0.4) is 0 Å². The van der Waals surface area contributed by atoms with Crippen LogP contribution in [0.2, 0.25) is 18.1 Å². The van der Waals surface area contributed by atoms with Gasteiger partial charge in [0.2, 0.25) is 0 Å². The second kappa shape index (κ2) is 10.9. The smallest absolute Gasteiger partial charge is 0.410 e. The van der Waals surface area contributed by atoms with Gasteiger partial charge in [0.05, 0.1) is 18.6 Å². The summed E-state index contributed by atoms with van der Waals surface area (Å²) in [5.74, 6) is 1.35. The second-order valence-electron chi connectivity index (χ2n) is 13.1. The van der Waals surface area contributed by atoms with Crippen molar-refractivity contribution < 1.29 is 22.9 Å². The van der Waals surface area contributed by atoms with Gasteiger partial charge in [-0.1, -0.05) is 25.9 Å². The molecular weight excluding hydrogens is 496 g/mol. The van der Waals surface area contributed by atoms with E-state index < -0.39 is 13.9 Å². The maximum absolute atomic E-state index is 12.4. The Hall–Kier alpha value is -2.58. The third-order valence-corrected chi connectivity index (χ3v) is 12.5. The lowest BCUT2D eigenvalue weighted by Gasteiger charge is -2.36. The van der Waals surface area contributed by atoms with Crippen LogP contribution >= 0.6 is 0 Å². The standard InChI is InChI=1S/C30H44N2O5Si/c1-29(2,3)36-28(33)32-17-15-21(16-18-32)11-14-25-23-13-12-22(26-10-9-19-34-26)24(27(23)37-31-25)20-35-38(7,8)30(4,5)6/h9-10,12-13,19,21H,11,14-18,20H2,1-8H3. The lowest BCUT2D eigenvalue weighted by atomic mass is 9.91. The molecule has 0 N–H and O–H groups in total. The molecule has 0 atom stereocenters. The Morgan fingerprint density at radius 2 is 1.82 bits per heavy atom. The Kier molecular flexibility index (Phi) is 8.14. The summed E-state index contributed by atoms with van der Waals surface area (Å²) in [4.78, 5) is 14.2. The monoisotopic (exact) mass is 540 g/mol. The summed E-state index contributed by atoms with van der Waals surface area (Å²) < 4.78 is 23.9. The predicted molar refractivity (Wildman–Crippen MR) is 153 cm³/mol. The summed E-state index contributed by atoms with van der Waals surface area (Å²) in [6.07, 6.45) is 5.29. The molecule has 3 heterocycles. The van der Waals surface area contributed by atoms with Crippen LogP contribution in [0.4, 0.5) is 4.79 Å². The van der Waals surface area contributed by atoms with Gasteiger partial charge < -0.3 is 23.0 Å². The first-order valence-corrected chi connectivity index (χ1v) is 16.7. The van der Waals surface area contributed by atoms with Gasteiger partial charge in [-0.25, -0.2) is 4.79 Å². The summed E-state index contributed by atoms with van der Waals surface area (Å²) in [6.45, 7) is 18.9. The van der Waals surface area contributed by atoms with Crippen molar-refractivity contribution in [2.45, 2.75) is 97.6 Å². The molecule has 0 spiro atoms. The number of rotatable bonds is 7. The SMILES string of the molecule is CC(C)(C)OC(=O)N1CCC(CCc2noc3c(CO[Si](C)(C)C(C)(C)C)c(-c4ccco4)ccc23)CC1. The minimum absolute atomic E-state index is 0.109. The Morgan fingerprint density at radius 1 is 1.11 bits per heavy atom. The van der Waals surface area contributed by atoms with E-state index in [1.165, 1.54) is 0 Å². The fourth-order valence-corrected chi connectivity index (χ4v) is 5.57. The number of nitrogens with zero attached hydrogens (tertiary/aromatic N) is 2. The van der Waals surface area contributed by atoms with Gasteiger partial charge in [-0.3, -0.25) is 0 Å². The van der Waals surface area contributed by atoms with Crippen molar-refractivity contribution in [3.05, 3.63) is 41.8 Å². The van der Waals surface area contributed by atoms with E-state index >= 15 is 0 Å². The van der Waals surface area contributed by atoms with Gasteiger partial charge in [0.15, 0.2) is 13.9 Å². The normalized spacial score (nSPS) is 15.8. The largest absolute Gasteiger partial charge is 0.464 e. The van der Waals surface area contributed by atoms with Crippen molar-refractivity contribution in [2.24, 2.45) is 5.92 Å². The number of aryl methyl sites for hydroxylation is 1. The van der Waals surface area contributed by atoms with Crippen LogP contribution in [-0.4, -0.2) is 43.2 Å². The molecule has 1 fully saturated rings. The topological polar surface area (TPSA) is 77.9 Å². The summed E-state index contributed by atoms with van der Waals surface area (Å²) >= 11 is 0. The number of benzene rings is 1. The molecule has 0 saturated carbocycles. The molecule has 208 valence electrons. The Bertz CT molecular complexity index is 1230. The average molecular weight is 541 g/mol. The van der Waals surface area contributed by atoms with E-state index in [2.05, 4.69) is 51.2 Å². The van der Waals surface area contributed by atoms with E-state index in [-0.39, 0.29) is 11.1 Å². The first-order valence-electron chi connectivity index (χ1n) is 13.8. The Balaban J connectivity index is 1.47. The third-order valence-electron chi connectivity index (χ3n) is 8.04. The quantitative estimate of drug-likeness (QED) is 0.281. The highest BCUT2D eigenvalue weighted by molar-refractivity contribution is 6.74. The minimum Gasteiger partial charge on any atom is -0.464 e. The molecule has 8 heteroatoms. The van der Waals surface area contributed by atoms with Gasteiger partial charge in [0, 0.05) is 29.6 Å². The Labute approximate surface area is 228 Å². The fraction of sp³-hybridized carbons (Fsp3) is 0.600. The summed E-state index contributed by atoms with van der Waals surface area (Å²) in [7, 11) is -1.97. The van der Waals surface area contributed by atoms with E-state index in [4.69, 9.17) is 18.1 Å². The molecule has 1 aliphatic heterocycles. The molecule has 1 aliphatic rings. The number of amides is 1. The van der Waals surface area contributed by atoms with Gasteiger partial charge in [-0.2, -0.15) is 0 Å². The molecule has 7 nitrogen and oxygen atoms in total. The molecule has 0 radical (unpaired) electrons. The highest BCUT2D eigenvalue weighted by Crippen LogP contribution is 2.39. The molecule has 1 aromatic carbocycles. The zero-order valence-corrected chi connectivity index (χ0v) is 25.3. The van der Waals surface area contributed by atoms with Gasteiger partial charge in [0.25, 0.3) is 0 Å². The van der Waals surface area contributed by atoms with E-state index in [9.17, 15) is 4.79 Å². The van der Waals surface area contributed by atoms with Crippen molar-refractivity contribution >= 4 is 25.4 Å². The van der Waals surface area contributed by atoms with E-state index in [1.807, 2.05) is 37.8 Å². The number of hydrogen-bond acceptors (Lipinski definition) is 6. The van der Waals surface area contributed by atoms with Crippen LogP contribution in [0.25, 0.3) is 22.3 Å². The highest BCUT2D eigenvalue weighted by Gasteiger charge is 2.37. The molecule has 4 rings (SSSR count). The predicted octanol–water partition coefficient (Wildman–Crippen LogP) is 8.19. The molecule has 0 unspecified atom stereocenters. The van der Waals surface area contributed by atoms with Crippen LogP contribution in [0, 0.1) is 5.92 Å². The number of piperidine rings is 1. The van der Waals surface area contributed by atoms with Gasteiger partial charge in [-0.15, -0.1) is 0 Å². The summed E-state index contributed by atoms with van der Waals surface area (Å²) in [5, 5.41) is 5.66. The van der Waals surface area contributed by atoms with Crippen molar-refractivity contribution in [3.63, 3.8) is 0 Å². The first-order chi connectivity index (χ1) is 17.7. The number of aromatic nitrogens is 1. The van der Waals surface area contributed by atoms with Crippen LogP contribution in [0.1, 0.15) is 72.1 Å². The van der Waals surface area contributed by atoms with Crippen molar-refractivity contribution in [2.75, 3.05) is 13.1 Å². The third kappa shape index (κ3) is 6.52. The molecule has 38 heavy (non-hydrogen) atoms. The molecule has 1 saturated heterocycles. The molecule has 0 bridgehead atoms. The van der Waals surface area contributed by atoms with Gasteiger partial charge >= 0.3 is 6.09 Å². The fourth-order valence-electron chi connectivity index (χ4n) is 4.64. The Morgan fingerprint density at radius 3 is 2.42 bits per heavy atom. The second-order valence-corrected chi connectivity index (χ2v) is 17.9. The first kappa shape index (κ1) is 28.4. The number of ether oxygens (including phenoxy) is 1. The average Bonchev–Trinajstić information content (AvgIpc) is 3.50. The zero-order chi connectivity index (χ0) is 27.7. The number of hydrogen-bond donors (Lipinski definition) is 0. The van der Waals surface area contributed by atoms with E-state index in [0.717, 1.165) is 72.3 Å². The molecule has 0 aliphatic carbocycles. The van der Waals surface area contributed by atoms with Crippen molar-refractivity contribution in [3.8, 4) is 11.3 Å². The summed E-state index contributed by atoms with van der Waals surface area (Å²) in [6, 6.07) is 8.07. The lowest BCUT2D eigenvalue weighted by Crippen LogP contribution is -2.41. The molecule has 2 aromatic heterocycles. The number of furan rings is 1. The van der Waals surface area contributed by atoms with Crippen molar-refractivity contribution in [1.82, 2.24) is 10.1 Å². The van der Waals surface area contributed by atoms with Crippen LogP contribution in [0.15, 0.2) is 39.5 Å². The van der Waals surface area contributed by atoms with Crippen LogP contribution in [-0.2, 0) is 22.2 Å². The molecule has 1 amide bonds. The number of fused-ring (bicyclic) bond motifs is 1. The minimum atomic E-state index is -1.97. The highest BCUT2D eigenvalue weighted by atomic mass is 28.4. The number of carbonyl (C=O) groups excluding carboxylic acids is 1. The maximum Gasteiger partial charge on any atom is 0.410 e. The maximum atomic E-state index is 12.4. The van der Waals surface area contributed by atoms with Crippen LogP contribution in [0.5, 0.6) is 0 Å².